The van der Waals surface area contributed by atoms with Gasteiger partial charge in [-0.2, -0.15) is 19.9 Å². The summed E-state index contributed by atoms with van der Waals surface area (Å²) in [6, 6.07) is 60.3. The smallest absolute Gasteiger partial charge is 0.394 e. The van der Waals surface area contributed by atoms with Gasteiger partial charge in [-0.15, -0.1) is 0 Å². The molecule has 2 unspecified atom stereocenters. The van der Waals surface area contributed by atoms with Crippen molar-refractivity contribution in [3.8, 4) is 23.3 Å². The van der Waals surface area contributed by atoms with Crippen molar-refractivity contribution in [1.29, 1.82) is 0 Å². The number of ether oxygens (including phenoxy) is 8. The third-order valence-electron chi connectivity index (χ3n) is 21.2. The summed E-state index contributed by atoms with van der Waals surface area (Å²) in [7, 11) is 0. The zero-order valence-electron chi connectivity index (χ0n) is 66.3. The van der Waals surface area contributed by atoms with Gasteiger partial charge in [-0.25, -0.2) is 19.1 Å². The SMILES string of the molecule is CCOC1(O[C@@H]2[C@@H]3OP(=O)(Sc4ccccc4)OC[C@H]4O[C@@H](n5cnc6c(Oc7cc(Cl)ccc7Cl)nc(NC(=O)Cc7ccccc7)nc65)[C@H](OC5(OCC)CCN(c6ccc(Cl)cc6)CC5)[C@@H]4OP(=O)(Sc4ccccc4)OC[C@H]3O[C@H]2n2cnc3c(Oc4cc(Cl)ccc4Cl)nc(NC(=O)Cc4ccccc4)nc32)CCN(c2ccc(Cl)cc2)CC1. The molecule has 0 saturated carbocycles. The molecule has 5 aliphatic rings. The lowest BCUT2D eigenvalue weighted by molar-refractivity contribution is -0.284. The van der Waals surface area contributed by atoms with Crippen LogP contribution in [0.15, 0.2) is 229 Å². The van der Waals surface area contributed by atoms with Gasteiger partial charge in [0.1, 0.15) is 48.1 Å². The predicted molar refractivity (Wildman–Crippen MR) is 475 cm³/mol. The average Bonchev–Trinajstić information content (AvgIpc) is 1.59. The minimum Gasteiger partial charge on any atom is -0.435 e. The highest BCUT2D eigenvalue weighted by molar-refractivity contribution is 8.55. The van der Waals surface area contributed by atoms with Gasteiger partial charge in [0.05, 0.1) is 48.8 Å². The Bertz CT molecular complexity index is 5540. The lowest BCUT2D eigenvalue weighted by Gasteiger charge is -2.44. The Morgan fingerprint density at radius 1 is 0.476 bits per heavy atom. The van der Waals surface area contributed by atoms with E-state index < -0.39 is 99.3 Å². The number of nitrogens with zero attached hydrogens (tertiary/aromatic N) is 10. The van der Waals surface area contributed by atoms with E-state index in [2.05, 4.69) is 20.4 Å². The molecule has 0 aliphatic carbocycles. The third kappa shape index (κ3) is 20.4. The summed E-state index contributed by atoms with van der Waals surface area (Å²) in [5.41, 5.74) is 3.35. The van der Waals surface area contributed by atoms with Crippen LogP contribution in [0.3, 0.4) is 0 Å². The summed E-state index contributed by atoms with van der Waals surface area (Å²) in [5, 5.41) is 7.77. The number of piperidine rings is 2. The van der Waals surface area contributed by atoms with Crippen molar-refractivity contribution in [2.45, 2.75) is 123 Å². The number of amides is 2. The van der Waals surface area contributed by atoms with Crippen LogP contribution < -0.4 is 29.9 Å². The fourth-order valence-corrected chi connectivity index (χ4v) is 23.3. The Labute approximate surface area is 750 Å². The van der Waals surface area contributed by atoms with E-state index in [1.165, 1.54) is 24.8 Å². The van der Waals surface area contributed by atoms with Gasteiger partial charge in [-0.1, -0.05) is 167 Å². The molecule has 5 saturated heterocycles. The number of nitrogens with one attached hydrogen (secondary N) is 2. The van der Waals surface area contributed by atoms with E-state index in [-0.39, 0.29) is 129 Å². The summed E-state index contributed by atoms with van der Waals surface area (Å²) in [6.45, 7) is -5.43. The molecule has 4 aromatic heterocycles. The molecule has 2 amide bonds. The molecule has 10 atom stereocenters. The first kappa shape index (κ1) is 87.6. The Hall–Kier alpha value is -8.50. The molecular formula is C86H80Cl6N12O16P2S2. The number of hydrogen-bond donors (Lipinski definition) is 2. The number of carbonyl (C=O) groups excluding carboxylic acids is 2. The van der Waals surface area contributed by atoms with Crippen LogP contribution in [0.25, 0.3) is 22.3 Å². The summed E-state index contributed by atoms with van der Waals surface area (Å²) in [4.78, 5) is 62.9. The quantitative estimate of drug-likeness (QED) is 0.0376. The number of halogens is 6. The number of aromatic nitrogens is 8. The average molecular weight is 1880 g/mol. The summed E-state index contributed by atoms with van der Waals surface area (Å²) < 4.78 is 124. The van der Waals surface area contributed by atoms with Gasteiger partial charge in [0.15, 0.2) is 46.4 Å². The second kappa shape index (κ2) is 38.6. The van der Waals surface area contributed by atoms with Gasteiger partial charge in [0.2, 0.25) is 23.7 Å². The van der Waals surface area contributed by atoms with Crippen molar-refractivity contribution >= 4 is 163 Å². The van der Waals surface area contributed by atoms with Crippen LogP contribution in [-0.4, -0.2) is 152 Å². The van der Waals surface area contributed by atoms with Gasteiger partial charge in [-0.3, -0.25) is 47.5 Å². The van der Waals surface area contributed by atoms with Crippen molar-refractivity contribution < 1.29 is 74.7 Å². The van der Waals surface area contributed by atoms with Crippen molar-refractivity contribution in [3.63, 3.8) is 0 Å². The van der Waals surface area contributed by atoms with Crippen molar-refractivity contribution in [2.75, 3.05) is 73.0 Å². The maximum atomic E-state index is 17.3. The number of carbonyl (C=O) groups is 2. The molecule has 28 nitrogen and oxygen atoms in total. The summed E-state index contributed by atoms with van der Waals surface area (Å²) in [6.07, 6.45) is -8.17. The van der Waals surface area contributed by atoms with E-state index >= 15 is 9.13 Å². The highest BCUT2D eigenvalue weighted by Gasteiger charge is 2.59. The second-order valence-electron chi connectivity index (χ2n) is 29.5. The Balaban J connectivity index is 0.813. The maximum absolute atomic E-state index is 17.3. The van der Waals surface area contributed by atoms with E-state index in [0.29, 0.717) is 57.1 Å². The molecule has 0 radical (unpaired) electrons. The summed E-state index contributed by atoms with van der Waals surface area (Å²) in [5.74, 6) is -4.45. The molecular weight excluding hydrogens is 1800 g/mol. The lowest BCUT2D eigenvalue weighted by atomic mass is 10.0. The van der Waals surface area contributed by atoms with Gasteiger partial charge in [0, 0.05) is 118 Å². The fourth-order valence-electron chi connectivity index (χ4n) is 15.4. The van der Waals surface area contributed by atoms with Crippen LogP contribution in [0.5, 0.6) is 23.3 Å². The first-order valence-electron chi connectivity index (χ1n) is 39.8. The maximum Gasteiger partial charge on any atom is 0.394 e. The number of anilines is 4. The predicted octanol–water partition coefficient (Wildman–Crippen LogP) is 20.8. The second-order valence-corrected chi connectivity index (χ2v) is 39.8. The standard InChI is InChI=1S/C86H80Cl6N12O16P2S2/c1-3-109-85(37-41-101(42-38-85)59-31-25-55(87)26-32-59)117-75-73-67(115-81(75)103-51-93-71-77(103)97-83(95-69(105)45-53-17-9-5-10-18-53)99-79(71)113-65-47-57(89)29-35-63(65)91)49-111-122(108,124-62-23-15-8-16-24-62)120-74-68(50-112-121(107,119-73)123-61-21-13-7-14-22-61)116-82(76(74)118-86(110-4-2)39-43-102(44-40-86)60-33-27-56(88)28-34-60)104-52-94-72-78(104)98-84(96-70(106)46-54-19-11-6-12-20-54)100-80(72)114-66-48-58(90)30-36-64(66)92/h5-36,47-48,51-52,67-68,73-76,81-82H,3-4,37-46,49-50H2,1-2H3,(H,95,97,99,105)(H,96,98,100,106)/t67-,68-,73-,74-,75-,76-,81-,82-,121?,122?/m1/s1. The number of hydrogen-bond acceptors (Lipinski definition) is 26. The van der Waals surface area contributed by atoms with Gasteiger partial charge >= 0.3 is 13.6 Å². The topological polar surface area (TPSA) is 297 Å². The Kier molecular flexibility index (Phi) is 27.3. The van der Waals surface area contributed by atoms with E-state index in [4.69, 9.17) is 155 Å². The third-order valence-corrected chi connectivity index (χ3v) is 29.9. The van der Waals surface area contributed by atoms with E-state index in [9.17, 15) is 9.59 Å². The van der Waals surface area contributed by atoms with Gasteiger partial charge in [0.25, 0.3) is 11.8 Å². The van der Waals surface area contributed by atoms with Crippen LogP contribution in [-0.2, 0) is 78.1 Å². The largest absolute Gasteiger partial charge is 0.435 e. The first-order chi connectivity index (χ1) is 60.1. The zero-order chi connectivity index (χ0) is 85.7. The van der Waals surface area contributed by atoms with Crippen LogP contribution in [0.1, 0.15) is 63.1 Å². The number of fused-ring (bicyclic) bond motifs is 4. The van der Waals surface area contributed by atoms with Crippen molar-refractivity contribution in [2.24, 2.45) is 0 Å². The van der Waals surface area contributed by atoms with Gasteiger partial charge < -0.3 is 47.7 Å². The molecule has 38 heteroatoms. The van der Waals surface area contributed by atoms with Crippen LogP contribution in [0.4, 0.5) is 23.3 Å². The molecule has 2 N–H and O–H groups in total. The van der Waals surface area contributed by atoms with Crippen molar-refractivity contribution in [3.05, 3.63) is 260 Å². The van der Waals surface area contributed by atoms with Crippen LogP contribution >= 0.6 is 106 Å². The zero-order valence-corrected chi connectivity index (χ0v) is 74.2. The van der Waals surface area contributed by atoms with Crippen LogP contribution in [0, 0.1) is 0 Å². The molecule has 124 heavy (non-hydrogen) atoms. The van der Waals surface area contributed by atoms with E-state index in [1.54, 1.807) is 81.9 Å². The molecule has 644 valence electrons. The van der Waals surface area contributed by atoms with E-state index in [1.807, 2.05) is 135 Å². The fraction of sp³-hybridized carbons (Fsp3) is 0.302. The summed E-state index contributed by atoms with van der Waals surface area (Å²) >= 11 is 41.2. The van der Waals surface area contributed by atoms with Crippen molar-refractivity contribution in [1.82, 2.24) is 39.0 Å². The Morgan fingerprint density at radius 2 is 0.839 bits per heavy atom. The molecule has 8 aromatic carbocycles. The molecule has 0 spiro atoms. The number of benzene rings is 8. The number of rotatable bonds is 26. The normalized spacial score (nSPS) is 23.3. The van der Waals surface area contributed by atoms with E-state index in [0.717, 1.165) is 34.1 Å². The highest BCUT2D eigenvalue weighted by atomic mass is 35.5. The lowest BCUT2D eigenvalue weighted by Crippen LogP contribution is -2.52. The minimum absolute atomic E-state index is 0.0196. The highest BCUT2D eigenvalue weighted by Crippen LogP contribution is 2.69. The first-order valence-corrected chi connectivity index (χ1v) is 48.0. The molecule has 0 bridgehead atoms. The van der Waals surface area contributed by atoms with Gasteiger partial charge in [-0.05, 0) is 145 Å². The minimum atomic E-state index is -4.87. The molecule has 5 aliphatic heterocycles. The molecule has 17 rings (SSSR count). The van der Waals surface area contributed by atoms with Crippen LogP contribution in [0.2, 0.25) is 30.1 Å². The monoisotopic (exact) mass is 1870 g/mol. The molecule has 9 heterocycles. The Morgan fingerprint density at radius 3 is 1.21 bits per heavy atom. The number of imidazole rings is 2. The molecule has 12 aromatic rings. The molecule has 5 fully saturated rings.